The molecule has 9 nitrogen and oxygen atoms in total. The number of aromatic nitrogens is 1. The lowest BCUT2D eigenvalue weighted by molar-refractivity contribution is -0.385. The standard InChI is InChI=1S/C11H10ClN3O6/c12-9-1-5(8(2-13-9)15(19)20)10(16)14-7-4-21-3-6(7)11(17)18/h1-2,6-7H,3-4H2,(H,14,16)(H,17,18). The van der Waals surface area contributed by atoms with Crippen molar-refractivity contribution in [2.75, 3.05) is 13.2 Å². The van der Waals surface area contributed by atoms with E-state index in [2.05, 4.69) is 10.3 Å². The third-order valence-electron chi connectivity index (χ3n) is 3.01. The van der Waals surface area contributed by atoms with Crippen LogP contribution in [0, 0.1) is 16.0 Å². The average Bonchev–Trinajstić information content (AvgIpc) is 2.86. The fraction of sp³-hybridized carbons (Fsp3) is 0.364. The number of nitrogens with zero attached hydrogens (tertiary/aromatic N) is 2. The first-order chi connectivity index (χ1) is 9.90. The maximum Gasteiger partial charge on any atom is 0.311 e. The monoisotopic (exact) mass is 315 g/mol. The number of ether oxygens (including phenoxy) is 1. The second-order valence-corrected chi connectivity index (χ2v) is 4.73. The molecule has 1 aliphatic heterocycles. The van der Waals surface area contributed by atoms with E-state index in [4.69, 9.17) is 21.4 Å². The number of rotatable bonds is 4. The largest absolute Gasteiger partial charge is 0.481 e. The molecule has 2 N–H and O–H groups in total. The van der Waals surface area contributed by atoms with Crippen LogP contribution in [0.1, 0.15) is 10.4 Å². The molecule has 1 aliphatic rings. The molecule has 112 valence electrons. The van der Waals surface area contributed by atoms with Crippen LogP contribution in [0.2, 0.25) is 5.15 Å². The van der Waals surface area contributed by atoms with Crippen LogP contribution >= 0.6 is 11.6 Å². The summed E-state index contributed by atoms with van der Waals surface area (Å²) < 4.78 is 5.00. The summed E-state index contributed by atoms with van der Waals surface area (Å²) in [5.74, 6) is -2.81. The highest BCUT2D eigenvalue weighted by Crippen LogP contribution is 2.21. The van der Waals surface area contributed by atoms with Crippen LogP contribution in [0.4, 0.5) is 5.69 Å². The Labute approximate surface area is 123 Å². The third-order valence-corrected chi connectivity index (χ3v) is 3.21. The van der Waals surface area contributed by atoms with Gasteiger partial charge in [-0.1, -0.05) is 11.6 Å². The molecule has 21 heavy (non-hydrogen) atoms. The molecule has 0 aliphatic carbocycles. The predicted molar refractivity (Wildman–Crippen MR) is 69.1 cm³/mol. The van der Waals surface area contributed by atoms with Crippen LogP contribution in [-0.4, -0.2) is 46.1 Å². The zero-order chi connectivity index (χ0) is 15.6. The Bertz CT molecular complexity index is 608. The number of halogens is 1. The molecule has 2 unspecified atom stereocenters. The summed E-state index contributed by atoms with van der Waals surface area (Å²) in [6, 6.07) is 0.294. The smallest absolute Gasteiger partial charge is 0.311 e. The Balaban J connectivity index is 2.22. The molecule has 0 aromatic carbocycles. The highest BCUT2D eigenvalue weighted by atomic mass is 35.5. The first-order valence-electron chi connectivity index (χ1n) is 5.81. The second kappa shape index (κ2) is 6.02. The molecule has 1 fully saturated rings. The highest BCUT2D eigenvalue weighted by molar-refractivity contribution is 6.29. The normalized spacial score (nSPS) is 21.0. The van der Waals surface area contributed by atoms with Gasteiger partial charge in [-0.15, -0.1) is 0 Å². The van der Waals surface area contributed by atoms with E-state index in [0.717, 1.165) is 12.3 Å². The molecule has 2 atom stereocenters. The molecule has 0 saturated carbocycles. The fourth-order valence-corrected chi connectivity index (χ4v) is 2.09. The third kappa shape index (κ3) is 3.26. The Morgan fingerprint density at radius 1 is 1.52 bits per heavy atom. The van der Waals surface area contributed by atoms with Gasteiger partial charge >= 0.3 is 5.97 Å². The van der Waals surface area contributed by atoms with E-state index in [-0.39, 0.29) is 23.9 Å². The number of aliphatic carboxylic acids is 1. The van der Waals surface area contributed by atoms with Crippen LogP contribution in [0.15, 0.2) is 12.3 Å². The number of hydrogen-bond donors (Lipinski definition) is 2. The number of hydrogen-bond acceptors (Lipinski definition) is 6. The molecule has 2 rings (SSSR count). The van der Waals surface area contributed by atoms with E-state index >= 15 is 0 Å². The van der Waals surface area contributed by atoms with Gasteiger partial charge in [-0.05, 0) is 6.07 Å². The lowest BCUT2D eigenvalue weighted by Crippen LogP contribution is -2.42. The summed E-state index contributed by atoms with van der Waals surface area (Å²) in [6.45, 7) is -0.00516. The fourth-order valence-electron chi connectivity index (χ4n) is 1.94. The second-order valence-electron chi connectivity index (χ2n) is 4.34. The van der Waals surface area contributed by atoms with Crippen LogP contribution < -0.4 is 5.32 Å². The Hall–Kier alpha value is -2.26. The zero-order valence-corrected chi connectivity index (χ0v) is 11.2. The Morgan fingerprint density at radius 2 is 2.24 bits per heavy atom. The number of carboxylic acid groups (broad SMARTS) is 1. The number of nitro groups is 1. The number of carboxylic acids is 1. The molecule has 1 aromatic heterocycles. The lowest BCUT2D eigenvalue weighted by atomic mass is 10.0. The molecule has 0 radical (unpaired) electrons. The van der Waals surface area contributed by atoms with Gasteiger partial charge in [0.2, 0.25) is 0 Å². The van der Waals surface area contributed by atoms with E-state index in [0.29, 0.717) is 0 Å². The highest BCUT2D eigenvalue weighted by Gasteiger charge is 2.36. The molecule has 2 heterocycles. The van der Waals surface area contributed by atoms with Crippen molar-refractivity contribution in [2.45, 2.75) is 6.04 Å². The van der Waals surface area contributed by atoms with Gasteiger partial charge in [0.25, 0.3) is 11.6 Å². The van der Waals surface area contributed by atoms with Crippen LogP contribution in [-0.2, 0) is 9.53 Å². The Morgan fingerprint density at radius 3 is 2.86 bits per heavy atom. The molecule has 10 heteroatoms. The minimum Gasteiger partial charge on any atom is -0.481 e. The van der Waals surface area contributed by atoms with Gasteiger partial charge in [-0.2, -0.15) is 0 Å². The summed E-state index contributed by atoms with van der Waals surface area (Å²) in [7, 11) is 0. The minimum absolute atomic E-state index is 0.0231. The van der Waals surface area contributed by atoms with Crippen molar-refractivity contribution in [1.82, 2.24) is 10.3 Å². The maximum atomic E-state index is 12.1. The van der Waals surface area contributed by atoms with Crippen molar-refractivity contribution in [3.8, 4) is 0 Å². The van der Waals surface area contributed by atoms with Crippen LogP contribution in [0.3, 0.4) is 0 Å². The van der Waals surface area contributed by atoms with E-state index in [9.17, 15) is 19.7 Å². The summed E-state index contributed by atoms with van der Waals surface area (Å²) in [5, 5.41) is 22.2. The summed E-state index contributed by atoms with van der Waals surface area (Å²) in [4.78, 5) is 36.7. The van der Waals surface area contributed by atoms with Crippen molar-refractivity contribution < 1.29 is 24.4 Å². The predicted octanol–water partition coefficient (Wildman–Crippen LogP) is 0.473. The van der Waals surface area contributed by atoms with E-state index in [1.165, 1.54) is 0 Å². The van der Waals surface area contributed by atoms with Crippen LogP contribution in [0.5, 0.6) is 0 Å². The number of amides is 1. The number of nitrogens with one attached hydrogen (secondary N) is 1. The lowest BCUT2D eigenvalue weighted by Gasteiger charge is -2.15. The van der Waals surface area contributed by atoms with Crippen molar-refractivity contribution in [2.24, 2.45) is 5.92 Å². The maximum absolute atomic E-state index is 12.1. The SMILES string of the molecule is O=C(NC1COCC1C(=O)O)c1cc(Cl)ncc1[N+](=O)[O-]. The topological polar surface area (TPSA) is 132 Å². The van der Waals surface area contributed by atoms with E-state index < -0.39 is 34.4 Å². The van der Waals surface area contributed by atoms with Gasteiger partial charge in [0.15, 0.2) is 0 Å². The number of carbonyl (C=O) groups is 2. The molecule has 0 spiro atoms. The van der Waals surface area contributed by atoms with Crippen molar-refractivity contribution in [3.05, 3.63) is 33.1 Å². The van der Waals surface area contributed by atoms with Crippen LogP contribution in [0.25, 0.3) is 0 Å². The summed E-state index contributed by atoms with van der Waals surface area (Å²) in [6.07, 6.45) is 0.872. The van der Waals surface area contributed by atoms with Gasteiger partial charge in [0, 0.05) is 0 Å². The van der Waals surface area contributed by atoms with Gasteiger partial charge in [-0.25, -0.2) is 4.98 Å². The number of pyridine rings is 1. The zero-order valence-electron chi connectivity index (χ0n) is 10.5. The van der Waals surface area contributed by atoms with Gasteiger partial charge < -0.3 is 15.2 Å². The quantitative estimate of drug-likeness (QED) is 0.469. The van der Waals surface area contributed by atoms with Gasteiger partial charge in [-0.3, -0.25) is 19.7 Å². The summed E-state index contributed by atoms with van der Waals surface area (Å²) >= 11 is 5.63. The average molecular weight is 316 g/mol. The van der Waals surface area contributed by atoms with Gasteiger partial charge in [0.1, 0.15) is 22.8 Å². The van der Waals surface area contributed by atoms with Crippen molar-refractivity contribution in [3.63, 3.8) is 0 Å². The molecule has 1 aromatic rings. The molecule has 0 bridgehead atoms. The minimum atomic E-state index is -1.11. The van der Waals surface area contributed by atoms with Crippen molar-refractivity contribution >= 4 is 29.2 Å². The number of carbonyl (C=O) groups excluding carboxylic acids is 1. The van der Waals surface area contributed by atoms with Crippen molar-refractivity contribution in [1.29, 1.82) is 0 Å². The first kappa shape index (κ1) is 15.1. The van der Waals surface area contributed by atoms with Gasteiger partial charge in [0.05, 0.1) is 24.2 Å². The molecular weight excluding hydrogens is 306 g/mol. The first-order valence-corrected chi connectivity index (χ1v) is 6.19. The molecular formula is C11H10ClN3O6. The van der Waals surface area contributed by atoms with E-state index in [1.807, 2.05) is 0 Å². The Kier molecular flexibility index (Phi) is 4.34. The summed E-state index contributed by atoms with van der Waals surface area (Å²) in [5.41, 5.74) is -0.793. The molecule has 1 amide bonds. The molecule has 1 saturated heterocycles. The van der Waals surface area contributed by atoms with E-state index in [1.54, 1.807) is 0 Å².